The minimum absolute atomic E-state index is 0.0181. The zero-order chi connectivity index (χ0) is 34.0. The van der Waals surface area contributed by atoms with E-state index in [-0.39, 0.29) is 23.7 Å². The first-order chi connectivity index (χ1) is 21.9. The van der Waals surface area contributed by atoms with Crippen molar-refractivity contribution in [2.24, 2.45) is 0 Å². The molecule has 0 amide bonds. The van der Waals surface area contributed by atoms with Crippen molar-refractivity contribution in [2.45, 2.75) is 115 Å². The summed E-state index contributed by atoms with van der Waals surface area (Å²) in [6, 6.07) is 8.89. The van der Waals surface area contributed by atoms with Crippen LogP contribution in [0.25, 0.3) is 11.2 Å². The highest BCUT2D eigenvalue weighted by atomic mass is 33.1. The van der Waals surface area contributed by atoms with Gasteiger partial charge >= 0.3 is 0 Å². The lowest BCUT2D eigenvalue weighted by atomic mass is 10.1. The highest BCUT2D eigenvalue weighted by Crippen LogP contribution is 2.51. The van der Waals surface area contributed by atoms with E-state index in [2.05, 4.69) is 97.5 Å². The lowest BCUT2D eigenvalue weighted by molar-refractivity contribution is -0.0466. The number of fused-ring (bicyclic) bond motifs is 1. The Morgan fingerprint density at radius 1 is 1.18 bits per heavy atom. The van der Waals surface area contributed by atoms with Gasteiger partial charge in [0.15, 0.2) is 11.9 Å². The van der Waals surface area contributed by atoms with E-state index in [9.17, 15) is 0 Å². The summed E-state index contributed by atoms with van der Waals surface area (Å²) in [6.07, 6.45) is 1.90. The first-order valence-corrected chi connectivity index (χ1v) is 18.1. The Hall–Kier alpha value is -1.34. The molecular weight excluding hydrogens is 617 g/mol. The third kappa shape index (κ3) is 9.36. The van der Waals surface area contributed by atoms with E-state index in [0.29, 0.717) is 17.8 Å². The summed E-state index contributed by atoms with van der Waals surface area (Å²) in [5.41, 5.74) is 3.42. The van der Waals surface area contributed by atoms with E-state index in [4.69, 9.17) is 21.3 Å². The molecular formula is C31H50N5O5PS2. The fourth-order valence-corrected chi connectivity index (χ4v) is 8.92. The van der Waals surface area contributed by atoms with Crippen molar-refractivity contribution in [1.29, 1.82) is 1.43 Å². The normalized spacial score (nSPS) is 21.9. The third-order valence-corrected chi connectivity index (χ3v) is 12.3. The molecule has 2 aromatic heterocycles. The van der Waals surface area contributed by atoms with E-state index in [1.165, 1.54) is 23.9 Å². The number of aromatic nitrogens is 4. The molecule has 1 aliphatic rings. The van der Waals surface area contributed by atoms with Crippen molar-refractivity contribution in [2.75, 3.05) is 20.8 Å². The molecule has 0 bridgehead atoms. The number of benzene rings is 1. The first kappa shape index (κ1) is 34.0. The molecule has 1 saturated heterocycles. The minimum atomic E-state index is -1.50. The zero-order valence-electron chi connectivity index (χ0n) is 29.6. The average Bonchev–Trinajstić information content (AvgIpc) is 3.58. The monoisotopic (exact) mass is 670 g/mol. The van der Waals surface area contributed by atoms with E-state index in [1.807, 2.05) is 33.1 Å². The second-order valence-electron chi connectivity index (χ2n) is 11.9. The van der Waals surface area contributed by atoms with Crippen molar-refractivity contribution in [1.82, 2.24) is 24.2 Å². The molecule has 3 aromatic rings. The highest BCUT2D eigenvalue weighted by molar-refractivity contribution is 8.77. The van der Waals surface area contributed by atoms with Crippen molar-refractivity contribution in [3.8, 4) is 0 Å². The fraction of sp³-hybridized carbons (Fsp3) is 0.645. The molecule has 0 spiro atoms. The van der Waals surface area contributed by atoms with Crippen molar-refractivity contribution in [3.63, 3.8) is 0 Å². The van der Waals surface area contributed by atoms with Crippen LogP contribution in [-0.2, 0) is 24.9 Å². The number of imidazole rings is 1. The Kier molecular flexibility index (Phi) is 13.1. The maximum absolute atomic E-state index is 8.32. The van der Waals surface area contributed by atoms with Gasteiger partial charge in [0.25, 0.3) is 8.53 Å². The summed E-state index contributed by atoms with van der Waals surface area (Å²) < 4.78 is 44.3. The maximum atomic E-state index is 8.32. The number of hydrogen-bond donors (Lipinski definition) is 1. The van der Waals surface area contributed by atoms with Gasteiger partial charge in [-0.2, -0.15) is 0 Å². The number of methoxy groups -OCH3 is 1. The van der Waals surface area contributed by atoms with Crippen molar-refractivity contribution in [3.05, 3.63) is 48.2 Å². The number of hydrogen-bond acceptors (Lipinski definition) is 11. The van der Waals surface area contributed by atoms with E-state index >= 15 is 0 Å². The number of aliphatic hydroxyl groups excluding tert-OH is 1. The van der Waals surface area contributed by atoms with Gasteiger partial charge in [-0.05, 0) is 59.6 Å². The Morgan fingerprint density at radius 2 is 1.89 bits per heavy atom. The predicted octanol–water partition coefficient (Wildman–Crippen LogP) is 7.20. The second kappa shape index (κ2) is 17.0. The molecule has 4 rings (SSSR count). The Labute approximate surface area is 275 Å². The van der Waals surface area contributed by atoms with Crippen LogP contribution in [0.1, 0.15) is 74.2 Å². The predicted molar refractivity (Wildman–Crippen MR) is 182 cm³/mol. The van der Waals surface area contributed by atoms with Crippen LogP contribution in [0.3, 0.4) is 0 Å². The number of nitrogens with zero attached hydrogens (tertiary/aromatic N) is 5. The number of ether oxygens (including phenoxy) is 2. The Bertz CT molecular complexity index is 1340. The summed E-state index contributed by atoms with van der Waals surface area (Å²) in [7, 11) is 5.13. The molecule has 1 N–H and O–H groups in total. The van der Waals surface area contributed by atoms with Crippen LogP contribution in [0.15, 0.2) is 41.8 Å². The molecule has 1 aromatic carbocycles. The maximum Gasteiger partial charge on any atom is 0.259 e. The number of aryl methyl sites for hydroxylation is 1. The molecule has 3 heterocycles. The molecule has 0 saturated carbocycles. The van der Waals surface area contributed by atoms with Gasteiger partial charge in [-0.1, -0.05) is 60.6 Å². The summed E-state index contributed by atoms with van der Waals surface area (Å²) in [6.45, 7) is 17.7. The molecule has 246 valence electrons. The molecule has 0 aliphatic carbocycles. The smallest absolute Gasteiger partial charge is 0.259 e. The van der Waals surface area contributed by atoms with Gasteiger partial charge < -0.3 is 23.6 Å². The standard InChI is InChI=1S/C30H46N5O4PS2.CH4O/c1-19(2)35(20(3)4)40(37-16-15-23-13-11-12-14-24(23)41-42-30(7,8)9)39-26-22(6)38-29(27(26)36-10)34-18-33-25-21(5)31-17-32-28(25)34;1-2/h11-14,17-20,22,26-27,29H,15-16H2,1-10H3;2H,1H3/i6D;2T. The van der Waals surface area contributed by atoms with Crippen LogP contribution in [0, 0.1) is 6.92 Å². The molecule has 5 atom stereocenters. The zero-order valence-corrected chi connectivity index (χ0v) is 30.1. The lowest BCUT2D eigenvalue weighted by Crippen LogP contribution is -2.39. The van der Waals surface area contributed by atoms with E-state index in [1.54, 1.807) is 13.4 Å². The molecule has 1 fully saturated rings. The average molecular weight is 671 g/mol. The molecule has 5 unspecified atom stereocenters. The van der Waals surface area contributed by atoms with Gasteiger partial charge in [0.1, 0.15) is 24.1 Å². The summed E-state index contributed by atoms with van der Waals surface area (Å²) in [5.74, 6) is 0. The van der Waals surface area contributed by atoms with Crippen LogP contribution in [-0.4, -0.2) is 86.7 Å². The van der Waals surface area contributed by atoms with Gasteiger partial charge in [-0.15, -0.1) is 0 Å². The topological polar surface area (TPSA) is 104 Å². The van der Waals surface area contributed by atoms with Crippen LogP contribution < -0.4 is 0 Å². The Balaban J connectivity index is 0.00000185. The van der Waals surface area contributed by atoms with Gasteiger partial charge in [0.05, 0.1) is 24.7 Å². The van der Waals surface area contributed by atoms with Crippen LogP contribution in [0.4, 0.5) is 0 Å². The molecule has 44 heavy (non-hydrogen) atoms. The lowest BCUT2D eigenvalue weighted by Gasteiger charge is -2.38. The highest BCUT2D eigenvalue weighted by Gasteiger charge is 2.48. The van der Waals surface area contributed by atoms with Gasteiger partial charge in [0.2, 0.25) is 1.43 Å². The molecule has 10 nitrogen and oxygen atoms in total. The second-order valence-corrected chi connectivity index (χ2v) is 16.3. The Morgan fingerprint density at radius 3 is 2.52 bits per heavy atom. The van der Waals surface area contributed by atoms with Crippen LogP contribution in [0.2, 0.25) is 0 Å². The summed E-state index contributed by atoms with van der Waals surface area (Å²) in [5, 5.41) is 3.50. The fourth-order valence-electron chi connectivity index (χ4n) is 4.89. The van der Waals surface area contributed by atoms with Crippen molar-refractivity contribution < 1.29 is 25.0 Å². The van der Waals surface area contributed by atoms with Gasteiger partial charge in [-0.25, -0.2) is 19.6 Å². The van der Waals surface area contributed by atoms with Gasteiger partial charge in [0, 0.05) is 37.3 Å². The van der Waals surface area contributed by atoms with Crippen molar-refractivity contribution >= 4 is 41.3 Å². The largest absolute Gasteiger partial charge is 0.400 e. The van der Waals surface area contributed by atoms with Crippen LogP contribution >= 0.6 is 30.1 Å². The van der Waals surface area contributed by atoms with E-state index < -0.39 is 33.1 Å². The third-order valence-electron chi connectivity index (χ3n) is 6.76. The molecule has 13 heteroatoms. The first-order valence-electron chi connectivity index (χ1n) is 15.9. The van der Waals surface area contributed by atoms with Crippen LogP contribution in [0.5, 0.6) is 0 Å². The molecule has 1 aliphatic heterocycles. The summed E-state index contributed by atoms with van der Waals surface area (Å²) in [4.78, 5) is 14.5. The number of aliphatic hydroxyl groups is 1. The SMILES string of the molecule is [2H]CC1OC(n2cnc3c(C)ncnc32)C(OC)C1OP(OCCc1ccccc1SSC(C)(C)C)N(C(C)C)C(C)C.[3H]OC. The minimum Gasteiger partial charge on any atom is -0.400 e. The van der Waals surface area contributed by atoms with Gasteiger partial charge in [-0.3, -0.25) is 4.57 Å². The molecule has 0 radical (unpaired) electrons. The quantitative estimate of drug-likeness (QED) is 0.147. The van der Waals surface area contributed by atoms with E-state index in [0.717, 1.165) is 12.1 Å². The summed E-state index contributed by atoms with van der Waals surface area (Å²) >= 11 is 0. The number of rotatable bonds is 13.